The van der Waals surface area contributed by atoms with E-state index in [0.29, 0.717) is 0 Å². The van der Waals surface area contributed by atoms with Crippen molar-refractivity contribution in [1.29, 1.82) is 0 Å². The first-order chi connectivity index (χ1) is 8.21. The number of hydrogen-bond donors (Lipinski definition) is 0. The lowest BCUT2D eigenvalue weighted by atomic mass is 10.3. The smallest absolute Gasteiger partial charge is 0.215 e. The maximum atomic E-state index is 10.9. The highest BCUT2D eigenvalue weighted by atomic mass is 79.9. The largest absolute Gasteiger partial charge is 0.302 e. The van der Waals surface area contributed by atoms with Gasteiger partial charge < -0.3 is 4.90 Å². The molecule has 2 heterocycles. The molecule has 5 heteroatoms. The van der Waals surface area contributed by atoms with Gasteiger partial charge in [-0.2, -0.15) is 0 Å². The molecule has 0 fully saturated rings. The predicted octanol–water partition coefficient (Wildman–Crippen LogP) is 2.38. The molecule has 2 aromatic rings. The van der Waals surface area contributed by atoms with E-state index in [0.717, 1.165) is 40.9 Å². The highest BCUT2D eigenvalue weighted by Crippen LogP contribution is 2.22. The lowest BCUT2D eigenvalue weighted by molar-refractivity contribution is -0.107. The van der Waals surface area contributed by atoms with Crippen molar-refractivity contribution in [3.8, 4) is 0 Å². The normalized spacial score (nSPS) is 10.8. The van der Waals surface area contributed by atoms with Gasteiger partial charge in [-0.25, -0.2) is 4.98 Å². The molecular formula is C12H14BrN3O. The molecule has 0 spiro atoms. The van der Waals surface area contributed by atoms with Crippen molar-refractivity contribution in [2.75, 3.05) is 11.9 Å². The van der Waals surface area contributed by atoms with Crippen molar-refractivity contribution in [1.82, 2.24) is 9.38 Å². The van der Waals surface area contributed by atoms with Crippen LogP contribution >= 0.6 is 15.9 Å². The summed E-state index contributed by atoms with van der Waals surface area (Å²) in [6, 6.07) is 4.00. The minimum absolute atomic E-state index is 0.785. The van der Waals surface area contributed by atoms with E-state index in [1.807, 2.05) is 29.7 Å². The summed E-state index contributed by atoms with van der Waals surface area (Å²) < 4.78 is 1.96. The number of aromatic nitrogens is 2. The van der Waals surface area contributed by atoms with Gasteiger partial charge in [-0.1, -0.05) is 28.9 Å². The van der Waals surface area contributed by atoms with Gasteiger partial charge in [0, 0.05) is 18.6 Å². The van der Waals surface area contributed by atoms with Crippen LogP contribution in [0.4, 0.5) is 5.82 Å². The highest BCUT2D eigenvalue weighted by molar-refractivity contribution is 9.08. The molecule has 17 heavy (non-hydrogen) atoms. The van der Waals surface area contributed by atoms with Crippen LogP contribution in [0, 0.1) is 0 Å². The summed E-state index contributed by atoms with van der Waals surface area (Å²) in [5.74, 6) is 0.848. The van der Waals surface area contributed by atoms with Crippen molar-refractivity contribution in [3.63, 3.8) is 0 Å². The summed E-state index contributed by atoms with van der Waals surface area (Å²) in [4.78, 5) is 17.0. The number of alkyl halides is 1. The van der Waals surface area contributed by atoms with Crippen LogP contribution in [0.5, 0.6) is 0 Å². The fraction of sp³-hybridized carbons (Fsp3) is 0.333. The third kappa shape index (κ3) is 2.07. The average Bonchev–Trinajstić information content (AvgIpc) is 2.74. The molecule has 0 aliphatic rings. The van der Waals surface area contributed by atoms with Gasteiger partial charge in [0.05, 0.1) is 5.69 Å². The number of anilines is 1. The Bertz CT molecular complexity index is 550. The molecule has 90 valence electrons. The second-order valence-electron chi connectivity index (χ2n) is 3.85. The zero-order valence-corrected chi connectivity index (χ0v) is 11.4. The van der Waals surface area contributed by atoms with E-state index in [4.69, 9.17) is 0 Å². The first-order valence-corrected chi connectivity index (χ1v) is 6.57. The van der Waals surface area contributed by atoms with Crippen molar-refractivity contribution < 1.29 is 4.79 Å². The lowest BCUT2D eigenvalue weighted by Crippen LogP contribution is -2.17. The number of nitrogens with zero attached hydrogens (tertiary/aromatic N) is 3. The quantitative estimate of drug-likeness (QED) is 0.642. The minimum atomic E-state index is 0.785. The monoisotopic (exact) mass is 295 g/mol. The number of imidazole rings is 1. The maximum Gasteiger partial charge on any atom is 0.215 e. The Kier molecular flexibility index (Phi) is 3.47. The van der Waals surface area contributed by atoms with E-state index in [1.165, 1.54) is 0 Å². The maximum absolute atomic E-state index is 10.9. The van der Waals surface area contributed by atoms with Gasteiger partial charge in [0.25, 0.3) is 0 Å². The van der Waals surface area contributed by atoms with E-state index in [2.05, 4.69) is 20.9 Å². The Morgan fingerprint density at radius 1 is 1.53 bits per heavy atom. The Balaban J connectivity index is 2.70. The molecule has 0 N–H and O–H groups in total. The first-order valence-electron chi connectivity index (χ1n) is 5.45. The number of aryl methyl sites for hydroxylation is 1. The zero-order valence-electron chi connectivity index (χ0n) is 9.85. The van der Waals surface area contributed by atoms with E-state index in [9.17, 15) is 4.79 Å². The number of halogens is 1. The molecule has 0 radical (unpaired) electrons. The summed E-state index contributed by atoms with van der Waals surface area (Å²) in [6.07, 6.45) is 3.62. The van der Waals surface area contributed by atoms with Gasteiger partial charge in [-0.3, -0.25) is 9.20 Å². The summed E-state index contributed by atoms with van der Waals surface area (Å²) in [5, 5.41) is 0.785. The van der Waals surface area contributed by atoms with Crippen LogP contribution in [-0.2, 0) is 16.5 Å². The molecule has 1 amide bonds. The Labute approximate surface area is 108 Å². The van der Waals surface area contributed by atoms with E-state index < -0.39 is 0 Å². The molecule has 0 saturated heterocycles. The fourth-order valence-corrected chi connectivity index (χ4v) is 2.20. The van der Waals surface area contributed by atoms with Crippen LogP contribution in [0.1, 0.15) is 18.2 Å². The second kappa shape index (κ2) is 4.87. The lowest BCUT2D eigenvalue weighted by Gasteiger charge is -2.12. The van der Waals surface area contributed by atoms with Gasteiger partial charge in [0.1, 0.15) is 11.5 Å². The summed E-state index contributed by atoms with van der Waals surface area (Å²) in [6.45, 7) is 2.04. The number of pyridine rings is 1. The van der Waals surface area contributed by atoms with Crippen molar-refractivity contribution in [2.24, 2.45) is 0 Å². The molecule has 0 atom stereocenters. The van der Waals surface area contributed by atoms with Gasteiger partial charge in [-0.05, 0) is 18.1 Å². The predicted molar refractivity (Wildman–Crippen MR) is 71.7 cm³/mol. The standard InChI is InChI=1S/C12H14BrN3O/c1-3-10-12(15(2)8-17)16-7-9(6-13)4-5-11(16)14-10/h4-5,7-8H,3,6H2,1-2H3. The van der Waals surface area contributed by atoms with Gasteiger partial charge in [0.15, 0.2) is 0 Å². The molecule has 0 aliphatic carbocycles. The van der Waals surface area contributed by atoms with Crippen LogP contribution in [-0.4, -0.2) is 22.8 Å². The second-order valence-corrected chi connectivity index (χ2v) is 4.41. The number of amides is 1. The fourth-order valence-electron chi connectivity index (χ4n) is 1.86. The molecule has 0 aromatic carbocycles. The van der Waals surface area contributed by atoms with Gasteiger partial charge in [-0.15, -0.1) is 0 Å². The zero-order chi connectivity index (χ0) is 12.4. The molecule has 2 aromatic heterocycles. The number of rotatable bonds is 4. The number of carbonyl (C=O) groups excluding carboxylic acids is 1. The molecule has 0 aliphatic heterocycles. The van der Waals surface area contributed by atoms with E-state index in [-0.39, 0.29) is 0 Å². The summed E-state index contributed by atoms with van der Waals surface area (Å²) >= 11 is 3.43. The van der Waals surface area contributed by atoms with Crippen molar-refractivity contribution in [3.05, 3.63) is 29.6 Å². The minimum Gasteiger partial charge on any atom is -0.302 e. The number of fused-ring (bicyclic) bond motifs is 1. The summed E-state index contributed by atoms with van der Waals surface area (Å²) in [5.41, 5.74) is 2.96. The van der Waals surface area contributed by atoms with Crippen LogP contribution in [0.25, 0.3) is 5.65 Å². The van der Waals surface area contributed by atoms with E-state index in [1.54, 1.807) is 11.9 Å². The van der Waals surface area contributed by atoms with Crippen LogP contribution in [0.2, 0.25) is 0 Å². The molecule has 2 rings (SSSR count). The Morgan fingerprint density at radius 2 is 2.29 bits per heavy atom. The van der Waals surface area contributed by atoms with Gasteiger partial charge in [0.2, 0.25) is 6.41 Å². The number of carbonyl (C=O) groups is 1. The SMILES string of the molecule is CCc1nc2ccc(CBr)cn2c1N(C)C=O. The Morgan fingerprint density at radius 3 is 2.88 bits per heavy atom. The average molecular weight is 296 g/mol. The molecule has 0 unspecified atom stereocenters. The molecule has 0 saturated carbocycles. The van der Waals surface area contributed by atoms with Crippen molar-refractivity contribution in [2.45, 2.75) is 18.7 Å². The third-order valence-electron chi connectivity index (χ3n) is 2.71. The number of hydrogen-bond acceptors (Lipinski definition) is 2. The van der Waals surface area contributed by atoms with Crippen LogP contribution in [0.15, 0.2) is 18.3 Å². The molecule has 0 bridgehead atoms. The van der Waals surface area contributed by atoms with Gasteiger partial charge >= 0.3 is 0 Å². The first kappa shape index (κ1) is 12.1. The molecular weight excluding hydrogens is 282 g/mol. The topological polar surface area (TPSA) is 37.6 Å². The van der Waals surface area contributed by atoms with Crippen LogP contribution < -0.4 is 4.90 Å². The summed E-state index contributed by atoms with van der Waals surface area (Å²) in [7, 11) is 1.75. The van der Waals surface area contributed by atoms with Crippen molar-refractivity contribution >= 4 is 33.8 Å². The highest BCUT2D eigenvalue weighted by Gasteiger charge is 2.14. The Hall–Kier alpha value is -1.36. The van der Waals surface area contributed by atoms with E-state index >= 15 is 0 Å². The third-order valence-corrected chi connectivity index (χ3v) is 3.35. The van der Waals surface area contributed by atoms with Crippen LogP contribution in [0.3, 0.4) is 0 Å². The molecule has 4 nitrogen and oxygen atoms in total.